The molecule has 1 amide bonds. The van der Waals surface area contributed by atoms with E-state index in [0.29, 0.717) is 11.8 Å². The van der Waals surface area contributed by atoms with E-state index in [4.69, 9.17) is 10.5 Å². The molecule has 1 aromatic heterocycles. The first-order valence-electron chi connectivity index (χ1n) is 8.28. The molecule has 0 saturated carbocycles. The molecule has 0 saturated heterocycles. The highest BCUT2D eigenvalue weighted by Gasteiger charge is 2.21. The van der Waals surface area contributed by atoms with Crippen molar-refractivity contribution in [3.05, 3.63) is 85.5 Å². The second-order valence-electron chi connectivity index (χ2n) is 6.18. The van der Waals surface area contributed by atoms with Crippen LogP contribution < -0.4 is 16.0 Å². The van der Waals surface area contributed by atoms with Crippen LogP contribution in [-0.4, -0.2) is 10.9 Å². The molecule has 150 valence electrons. The van der Waals surface area contributed by atoms with Gasteiger partial charge in [-0.1, -0.05) is 6.07 Å². The highest BCUT2D eigenvalue weighted by atomic mass is 79.9. The van der Waals surface area contributed by atoms with Crippen molar-refractivity contribution in [1.29, 1.82) is 0 Å². The standard InChI is InChI=1S/C20H14BrF3N2O3/c1-9-16(13-5-3-10(19(25)27)6-15(13)24)18(17(21)20(28)26-9)29-8-11-2-4-12(22)7-14(11)23/h2-7H,8H2,1H3,(H2,25,27)(H,26,28). The van der Waals surface area contributed by atoms with Gasteiger partial charge in [-0.15, -0.1) is 0 Å². The number of rotatable bonds is 5. The lowest BCUT2D eigenvalue weighted by Crippen LogP contribution is -2.14. The van der Waals surface area contributed by atoms with Crippen LogP contribution >= 0.6 is 15.9 Å². The zero-order valence-corrected chi connectivity index (χ0v) is 16.6. The summed E-state index contributed by atoms with van der Waals surface area (Å²) in [6.45, 7) is 1.21. The number of aryl methyl sites for hydroxylation is 1. The van der Waals surface area contributed by atoms with Crippen LogP contribution in [0.4, 0.5) is 13.2 Å². The fraction of sp³-hybridized carbons (Fsp3) is 0.100. The third-order valence-electron chi connectivity index (χ3n) is 4.21. The molecule has 0 bridgehead atoms. The Labute approximate surface area is 171 Å². The van der Waals surface area contributed by atoms with Gasteiger partial charge in [-0.2, -0.15) is 0 Å². The van der Waals surface area contributed by atoms with Crippen LogP contribution in [0.5, 0.6) is 5.75 Å². The average molecular weight is 467 g/mol. The van der Waals surface area contributed by atoms with Gasteiger partial charge >= 0.3 is 0 Å². The maximum absolute atomic E-state index is 14.7. The molecule has 1 heterocycles. The van der Waals surface area contributed by atoms with Gasteiger partial charge in [-0.05, 0) is 47.1 Å². The highest BCUT2D eigenvalue weighted by molar-refractivity contribution is 9.10. The molecule has 0 aliphatic heterocycles. The summed E-state index contributed by atoms with van der Waals surface area (Å²) in [5, 5.41) is 0. The third-order valence-corrected chi connectivity index (χ3v) is 4.93. The van der Waals surface area contributed by atoms with Gasteiger partial charge < -0.3 is 15.5 Å². The second-order valence-corrected chi connectivity index (χ2v) is 6.97. The number of hydrogen-bond acceptors (Lipinski definition) is 3. The fourth-order valence-corrected chi connectivity index (χ4v) is 3.20. The molecule has 3 N–H and O–H groups in total. The van der Waals surface area contributed by atoms with E-state index in [1.54, 1.807) is 0 Å². The summed E-state index contributed by atoms with van der Waals surface area (Å²) in [7, 11) is 0. The van der Waals surface area contributed by atoms with Gasteiger partial charge in [0.15, 0.2) is 0 Å². The number of nitrogens with two attached hydrogens (primary N) is 1. The van der Waals surface area contributed by atoms with Crippen LogP contribution in [0.1, 0.15) is 21.6 Å². The minimum atomic E-state index is -0.818. The van der Waals surface area contributed by atoms with Crippen molar-refractivity contribution in [2.45, 2.75) is 13.5 Å². The molecule has 0 fully saturated rings. The predicted octanol–water partition coefficient (Wildman–Crippen LogP) is 4.21. The van der Waals surface area contributed by atoms with Crippen molar-refractivity contribution >= 4 is 21.8 Å². The molecule has 9 heteroatoms. The van der Waals surface area contributed by atoms with E-state index in [1.165, 1.54) is 25.1 Å². The normalized spacial score (nSPS) is 10.8. The number of carbonyl (C=O) groups is 1. The van der Waals surface area contributed by atoms with Crippen molar-refractivity contribution in [2.24, 2.45) is 5.73 Å². The Morgan fingerprint density at radius 1 is 1.14 bits per heavy atom. The Kier molecular flexibility index (Phi) is 5.78. The number of nitrogens with one attached hydrogen (secondary N) is 1. The van der Waals surface area contributed by atoms with Gasteiger partial charge in [-0.25, -0.2) is 13.2 Å². The number of benzene rings is 2. The first-order chi connectivity index (χ1) is 13.7. The lowest BCUT2D eigenvalue weighted by Gasteiger charge is -2.16. The molecule has 0 atom stereocenters. The van der Waals surface area contributed by atoms with Crippen LogP contribution in [0.2, 0.25) is 0 Å². The number of pyridine rings is 1. The van der Waals surface area contributed by atoms with Crippen LogP contribution in [0.25, 0.3) is 11.1 Å². The fourth-order valence-electron chi connectivity index (χ4n) is 2.79. The van der Waals surface area contributed by atoms with Crippen molar-refractivity contribution in [1.82, 2.24) is 4.98 Å². The number of carbonyl (C=O) groups excluding carboxylic acids is 1. The van der Waals surface area contributed by atoms with Crippen molar-refractivity contribution in [2.75, 3.05) is 0 Å². The van der Waals surface area contributed by atoms with Gasteiger partial charge in [0.2, 0.25) is 5.91 Å². The maximum Gasteiger partial charge on any atom is 0.266 e. The maximum atomic E-state index is 14.7. The number of halogens is 4. The summed E-state index contributed by atoms with van der Waals surface area (Å²) in [6.07, 6.45) is 0. The Bertz CT molecular complexity index is 1180. The topological polar surface area (TPSA) is 85.2 Å². The van der Waals surface area contributed by atoms with Crippen LogP contribution in [0.3, 0.4) is 0 Å². The Morgan fingerprint density at radius 2 is 1.86 bits per heavy atom. The molecule has 29 heavy (non-hydrogen) atoms. The lowest BCUT2D eigenvalue weighted by atomic mass is 10.0. The van der Waals surface area contributed by atoms with Crippen molar-refractivity contribution in [3.63, 3.8) is 0 Å². The second kappa shape index (κ2) is 8.12. The van der Waals surface area contributed by atoms with Gasteiger partial charge in [0, 0.05) is 34.0 Å². The lowest BCUT2D eigenvalue weighted by molar-refractivity contribution is 0.1000. The molecule has 3 rings (SSSR count). The third kappa shape index (κ3) is 4.19. The predicted molar refractivity (Wildman–Crippen MR) is 104 cm³/mol. The van der Waals surface area contributed by atoms with Gasteiger partial charge in [-0.3, -0.25) is 9.59 Å². The summed E-state index contributed by atoms with van der Waals surface area (Å²) in [5.41, 5.74) is 5.19. The van der Waals surface area contributed by atoms with Gasteiger partial charge in [0.1, 0.15) is 34.3 Å². The molecule has 2 aromatic carbocycles. The van der Waals surface area contributed by atoms with E-state index >= 15 is 0 Å². The largest absolute Gasteiger partial charge is 0.487 e. The quantitative estimate of drug-likeness (QED) is 0.590. The number of aromatic amines is 1. The van der Waals surface area contributed by atoms with E-state index in [9.17, 15) is 22.8 Å². The zero-order valence-electron chi connectivity index (χ0n) is 15.0. The SMILES string of the molecule is Cc1[nH]c(=O)c(Br)c(OCc2ccc(F)cc2F)c1-c1ccc(C(N)=O)cc1F. The summed E-state index contributed by atoms with van der Waals surface area (Å²) in [6, 6.07) is 6.62. The number of aromatic nitrogens is 1. The molecule has 3 aromatic rings. The molecule has 0 aliphatic carbocycles. The molecule has 0 unspecified atom stereocenters. The van der Waals surface area contributed by atoms with E-state index in [1.807, 2.05) is 0 Å². The summed E-state index contributed by atoms with van der Waals surface area (Å²) in [5.74, 6) is -3.14. The van der Waals surface area contributed by atoms with Crippen LogP contribution in [0.15, 0.2) is 45.7 Å². The van der Waals surface area contributed by atoms with Crippen LogP contribution in [0, 0.1) is 24.4 Å². The first kappa shape index (κ1) is 20.7. The first-order valence-corrected chi connectivity index (χ1v) is 9.07. The molecular weight excluding hydrogens is 453 g/mol. The molecule has 0 aliphatic rings. The minimum absolute atomic E-state index is 0.0248. The molecule has 5 nitrogen and oxygen atoms in total. The highest BCUT2D eigenvalue weighted by Crippen LogP contribution is 2.38. The number of ether oxygens (including phenoxy) is 1. The van der Waals surface area contributed by atoms with Gasteiger partial charge in [0.25, 0.3) is 5.56 Å². The van der Waals surface area contributed by atoms with E-state index in [0.717, 1.165) is 12.1 Å². The monoisotopic (exact) mass is 466 g/mol. The summed E-state index contributed by atoms with van der Waals surface area (Å²) in [4.78, 5) is 26.0. The number of primary amides is 1. The Balaban J connectivity index is 2.10. The van der Waals surface area contributed by atoms with E-state index in [-0.39, 0.29) is 39.1 Å². The minimum Gasteiger partial charge on any atom is -0.487 e. The Morgan fingerprint density at radius 3 is 2.48 bits per heavy atom. The van der Waals surface area contributed by atoms with E-state index < -0.39 is 28.9 Å². The van der Waals surface area contributed by atoms with Crippen molar-refractivity contribution < 1.29 is 22.7 Å². The zero-order chi connectivity index (χ0) is 21.3. The number of hydrogen-bond donors (Lipinski definition) is 2. The number of H-pyrrole nitrogens is 1. The molecular formula is C20H14BrF3N2O3. The smallest absolute Gasteiger partial charge is 0.266 e. The Hall–Kier alpha value is -3.07. The summed E-state index contributed by atoms with van der Waals surface area (Å²) >= 11 is 3.11. The molecule has 0 radical (unpaired) electrons. The summed E-state index contributed by atoms with van der Waals surface area (Å²) < 4.78 is 47.3. The molecule has 0 spiro atoms. The van der Waals surface area contributed by atoms with Crippen LogP contribution in [-0.2, 0) is 6.61 Å². The van der Waals surface area contributed by atoms with Gasteiger partial charge in [0.05, 0.1) is 0 Å². The van der Waals surface area contributed by atoms with Crippen molar-refractivity contribution in [3.8, 4) is 16.9 Å². The average Bonchev–Trinajstić information content (AvgIpc) is 2.65. The number of amides is 1. The van der Waals surface area contributed by atoms with E-state index in [2.05, 4.69) is 20.9 Å².